The second-order valence-corrected chi connectivity index (χ2v) is 4.47. The lowest BCUT2D eigenvalue weighted by atomic mass is 10.3. The van der Waals surface area contributed by atoms with Crippen molar-refractivity contribution in [3.63, 3.8) is 0 Å². The first kappa shape index (κ1) is 13.6. The third-order valence-corrected chi connectivity index (χ3v) is 2.76. The molecule has 1 aromatic rings. The van der Waals surface area contributed by atoms with E-state index < -0.39 is 5.97 Å². The molecule has 0 fully saturated rings. The van der Waals surface area contributed by atoms with Gasteiger partial charge in [0.25, 0.3) is 0 Å². The van der Waals surface area contributed by atoms with Gasteiger partial charge in [-0.1, -0.05) is 0 Å². The molecule has 1 aromatic heterocycles. The fraction of sp³-hybridized carbons (Fsp3) is 0.500. The summed E-state index contributed by atoms with van der Waals surface area (Å²) in [7, 11) is 0. The van der Waals surface area contributed by atoms with Crippen molar-refractivity contribution in [2.45, 2.75) is 19.9 Å². The summed E-state index contributed by atoms with van der Waals surface area (Å²) in [5, 5.41) is 11.1. The number of thioether (sulfide) groups is 1. The van der Waals surface area contributed by atoms with Gasteiger partial charge in [-0.25, -0.2) is 4.98 Å². The van der Waals surface area contributed by atoms with E-state index in [0.29, 0.717) is 11.7 Å². The number of hydrogen-bond donors (Lipinski definition) is 2. The van der Waals surface area contributed by atoms with E-state index in [1.165, 1.54) is 0 Å². The SMILES string of the molecule is Cc1cnc(C(C)NC(=O)CSCC(=O)O)o1. The van der Waals surface area contributed by atoms with Crippen molar-refractivity contribution in [1.29, 1.82) is 0 Å². The van der Waals surface area contributed by atoms with Crippen LogP contribution in [0, 0.1) is 6.92 Å². The Morgan fingerprint density at radius 3 is 2.82 bits per heavy atom. The number of carbonyl (C=O) groups is 2. The predicted octanol–water partition coefficient (Wildman–Crippen LogP) is 0.978. The quantitative estimate of drug-likeness (QED) is 0.790. The molecule has 17 heavy (non-hydrogen) atoms. The maximum atomic E-state index is 11.4. The molecule has 1 heterocycles. The first-order valence-electron chi connectivity index (χ1n) is 5.00. The molecule has 0 aromatic carbocycles. The zero-order chi connectivity index (χ0) is 12.8. The van der Waals surface area contributed by atoms with Crippen molar-refractivity contribution >= 4 is 23.6 Å². The zero-order valence-electron chi connectivity index (χ0n) is 9.60. The van der Waals surface area contributed by atoms with Gasteiger partial charge in [0.2, 0.25) is 11.8 Å². The molecule has 6 nitrogen and oxygen atoms in total. The standard InChI is InChI=1S/C10H14N2O4S/c1-6-3-11-10(16-6)7(2)12-8(13)4-17-5-9(14)15/h3,7H,4-5H2,1-2H3,(H,12,13)(H,14,15). The number of hydrogen-bond acceptors (Lipinski definition) is 5. The first-order valence-corrected chi connectivity index (χ1v) is 6.15. The van der Waals surface area contributed by atoms with E-state index >= 15 is 0 Å². The molecule has 2 N–H and O–H groups in total. The van der Waals surface area contributed by atoms with Crippen molar-refractivity contribution in [2.24, 2.45) is 0 Å². The minimum absolute atomic E-state index is 0.0834. The molecule has 0 bridgehead atoms. The average molecular weight is 258 g/mol. The number of rotatable bonds is 6. The van der Waals surface area contributed by atoms with Crippen molar-refractivity contribution in [2.75, 3.05) is 11.5 Å². The molecule has 94 valence electrons. The van der Waals surface area contributed by atoms with Gasteiger partial charge in [0.05, 0.1) is 17.7 Å². The third-order valence-electron chi connectivity index (χ3n) is 1.85. The van der Waals surface area contributed by atoms with Crippen molar-refractivity contribution in [3.05, 3.63) is 17.8 Å². The summed E-state index contributed by atoms with van der Waals surface area (Å²) >= 11 is 1.05. The fourth-order valence-electron chi connectivity index (χ4n) is 1.15. The summed E-state index contributed by atoms with van der Waals surface area (Å²) in [5.74, 6) is -0.0183. The Morgan fingerprint density at radius 2 is 2.29 bits per heavy atom. The molecule has 0 spiro atoms. The third kappa shape index (κ3) is 4.90. The van der Waals surface area contributed by atoms with Crippen molar-refractivity contribution < 1.29 is 19.1 Å². The van der Waals surface area contributed by atoms with Crippen LogP contribution in [0.2, 0.25) is 0 Å². The van der Waals surface area contributed by atoms with Gasteiger partial charge in [-0.05, 0) is 13.8 Å². The number of nitrogens with one attached hydrogen (secondary N) is 1. The summed E-state index contributed by atoms with van der Waals surface area (Å²) in [6, 6.07) is -0.318. The number of carboxylic acids is 1. The van der Waals surface area contributed by atoms with Gasteiger partial charge in [0.1, 0.15) is 11.8 Å². The smallest absolute Gasteiger partial charge is 0.313 e. The highest BCUT2D eigenvalue weighted by Crippen LogP contribution is 2.12. The Hall–Kier alpha value is -1.50. The van der Waals surface area contributed by atoms with Crippen LogP contribution < -0.4 is 5.32 Å². The molecule has 0 aliphatic carbocycles. The Balaban J connectivity index is 2.33. The zero-order valence-corrected chi connectivity index (χ0v) is 10.4. The number of carboxylic acid groups (broad SMARTS) is 1. The van der Waals surface area contributed by atoms with E-state index in [1.807, 2.05) is 0 Å². The topological polar surface area (TPSA) is 92.4 Å². The Kier molecular flexibility index (Phi) is 5.02. The van der Waals surface area contributed by atoms with Gasteiger partial charge in [0.15, 0.2) is 0 Å². The predicted molar refractivity (Wildman–Crippen MR) is 62.8 cm³/mol. The Bertz CT molecular complexity index is 405. The average Bonchev–Trinajstić information content (AvgIpc) is 2.64. The van der Waals surface area contributed by atoms with Crippen LogP contribution >= 0.6 is 11.8 Å². The molecule has 0 saturated carbocycles. The van der Waals surface area contributed by atoms with Crippen molar-refractivity contribution in [1.82, 2.24) is 10.3 Å². The number of nitrogens with zero attached hydrogens (tertiary/aromatic N) is 1. The number of aliphatic carboxylic acids is 1. The molecule has 1 amide bonds. The molecule has 0 aliphatic heterocycles. The lowest BCUT2D eigenvalue weighted by Crippen LogP contribution is -2.28. The second-order valence-electron chi connectivity index (χ2n) is 3.48. The van der Waals surface area contributed by atoms with Gasteiger partial charge < -0.3 is 14.8 Å². The van der Waals surface area contributed by atoms with Crippen LogP contribution in [-0.2, 0) is 9.59 Å². The number of aromatic nitrogens is 1. The van der Waals surface area contributed by atoms with Crippen LogP contribution in [0.3, 0.4) is 0 Å². The van der Waals surface area contributed by atoms with E-state index in [9.17, 15) is 9.59 Å². The lowest BCUT2D eigenvalue weighted by molar-refractivity contribution is -0.133. The van der Waals surface area contributed by atoms with E-state index in [-0.39, 0.29) is 23.5 Å². The number of carbonyl (C=O) groups excluding carboxylic acids is 1. The van der Waals surface area contributed by atoms with Crippen molar-refractivity contribution in [3.8, 4) is 0 Å². The lowest BCUT2D eigenvalue weighted by Gasteiger charge is -2.09. The van der Waals surface area contributed by atoms with Crippen LogP contribution in [-0.4, -0.2) is 33.5 Å². The Labute approximate surface area is 103 Å². The molecule has 7 heteroatoms. The molecule has 0 aliphatic rings. The monoisotopic (exact) mass is 258 g/mol. The fourth-order valence-corrected chi connectivity index (χ4v) is 1.69. The second kappa shape index (κ2) is 6.29. The molecule has 1 rings (SSSR count). The summed E-state index contributed by atoms with van der Waals surface area (Å²) in [6.45, 7) is 3.53. The summed E-state index contributed by atoms with van der Waals surface area (Å²) in [5.41, 5.74) is 0. The highest BCUT2D eigenvalue weighted by molar-refractivity contribution is 8.00. The van der Waals surface area contributed by atoms with E-state index in [4.69, 9.17) is 9.52 Å². The molecule has 0 saturated heterocycles. The van der Waals surface area contributed by atoms with Crippen LogP contribution in [0.1, 0.15) is 24.6 Å². The largest absolute Gasteiger partial charge is 0.481 e. The van der Waals surface area contributed by atoms with Gasteiger partial charge in [-0.3, -0.25) is 9.59 Å². The minimum Gasteiger partial charge on any atom is -0.481 e. The molecular formula is C10H14N2O4S. The Morgan fingerprint density at radius 1 is 1.59 bits per heavy atom. The molecular weight excluding hydrogens is 244 g/mol. The molecule has 0 radical (unpaired) electrons. The number of oxazole rings is 1. The molecule has 1 unspecified atom stereocenters. The van der Waals surface area contributed by atoms with Gasteiger partial charge in [-0.15, -0.1) is 11.8 Å². The number of amides is 1. The minimum atomic E-state index is -0.931. The van der Waals surface area contributed by atoms with Crippen LogP contribution in [0.15, 0.2) is 10.6 Å². The van der Waals surface area contributed by atoms with Gasteiger partial charge >= 0.3 is 5.97 Å². The van der Waals surface area contributed by atoms with Crippen LogP contribution in [0.4, 0.5) is 0 Å². The normalized spacial score (nSPS) is 12.1. The van der Waals surface area contributed by atoms with E-state index in [0.717, 1.165) is 11.8 Å². The summed E-state index contributed by atoms with van der Waals surface area (Å²) < 4.78 is 5.26. The number of aryl methyl sites for hydroxylation is 1. The maximum absolute atomic E-state index is 11.4. The van der Waals surface area contributed by atoms with Crippen LogP contribution in [0.25, 0.3) is 0 Å². The van der Waals surface area contributed by atoms with Gasteiger partial charge in [-0.2, -0.15) is 0 Å². The highest BCUT2D eigenvalue weighted by atomic mass is 32.2. The highest BCUT2D eigenvalue weighted by Gasteiger charge is 2.14. The summed E-state index contributed by atoms with van der Waals surface area (Å²) in [6.07, 6.45) is 1.58. The van der Waals surface area contributed by atoms with E-state index in [2.05, 4.69) is 10.3 Å². The molecule has 1 atom stereocenters. The summed E-state index contributed by atoms with van der Waals surface area (Å²) in [4.78, 5) is 25.7. The van der Waals surface area contributed by atoms with Gasteiger partial charge in [0, 0.05) is 0 Å². The maximum Gasteiger partial charge on any atom is 0.313 e. The van der Waals surface area contributed by atoms with Crippen LogP contribution in [0.5, 0.6) is 0 Å². The van der Waals surface area contributed by atoms with E-state index in [1.54, 1.807) is 20.0 Å². The first-order chi connectivity index (χ1) is 7.99.